The fourth-order valence-corrected chi connectivity index (χ4v) is 3.56. The number of alkyl halides is 3. The largest absolute Gasteiger partial charge is 0.417 e. The van der Waals surface area contributed by atoms with E-state index >= 15 is 0 Å². The molecule has 0 bridgehead atoms. The number of hydrogen-bond donors (Lipinski definition) is 1. The number of halogens is 3. The van der Waals surface area contributed by atoms with Crippen LogP contribution in [0.25, 0.3) is 21.9 Å². The van der Waals surface area contributed by atoms with Crippen LogP contribution in [0.1, 0.15) is 16.1 Å². The Morgan fingerprint density at radius 3 is 2.48 bits per heavy atom. The van der Waals surface area contributed by atoms with Crippen molar-refractivity contribution < 1.29 is 18.0 Å². The topological polar surface area (TPSA) is 59.2 Å². The van der Waals surface area contributed by atoms with Gasteiger partial charge < -0.3 is 10.6 Å². The molecule has 140 valence electrons. The number of carbonyl (C=O) groups is 1. The van der Waals surface area contributed by atoms with Crippen LogP contribution >= 0.6 is 11.3 Å². The van der Waals surface area contributed by atoms with E-state index in [-0.39, 0.29) is 16.1 Å². The molecule has 2 aromatic carbocycles. The smallest absolute Gasteiger partial charge is 0.378 e. The summed E-state index contributed by atoms with van der Waals surface area (Å²) in [6.45, 7) is 0. The molecule has 1 amide bonds. The Bertz CT molecular complexity index is 1010. The van der Waals surface area contributed by atoms with Gasteiger partial charge in [-0.25, -0.2) is 4.98 Å². The predicted octanol–water partition coefficient (Wildman–Crippen LogP) is 4.41. The SMILES string of the molecule is CN(C)c1ccc(C=C(C(N)=O)c2nc3ccccc3s2)c(C(F)(F)F)c1. The molecule has 0 unspecified atom stereocenters. The van der Waals surface area contributed by atoms with Gasteiger partial charge in [0.15, 0.2) is 0 Å². The zero-order valence-corrected chi connectivity index (χ0v) is 15.4. The second-order valence-electron chi connectivity index (χ2n) is 6.07. The zero-order valence-electron chi connectivity index (χ0n) is 14.5. The van der Waals surface area contributed by atoms with Crippen LogP contribution in [0.15, 0.2) is 42.5 Å². The summed E-state index contributed by atoms with van der Waals surface area (Å²) in [4.78, 5) is 17.9. The van der Waals surface area contributed by atoms with Gasteiger partial charge in [-0.15, -0.1) is 11.3 Å². The van der Waals surface area contributed by atoms with Gasteiger partial charge in [0.2, 0.25) is 0 Å². The van der Waals surface area contributed by atoms with Gasteiger partial charge in [-0.2, -0.15) is 13.2 Å². The van der Waals surface area contributed by atoms with Crippen molar-refractivity contribution >= 4 is 44.8 Å². The van der Waals surface area contributed by atoms with Crippen LogP contribution in [0, 0.1) is 0 Å². The number of nitrogens with zero attached hydrogens (tertiary/aromatic N) is 2. The number of rotatable bonds is 4. The average Bonchev–Trinajstić information content (AvgIpc) is 3.01. The molecule has 1 heterocycles. The predicted molar refractivity (Wildman–Crippen MR) is 102 cm³/mol. The maximum Gasteiger partial charge on any atom is 0.417 e. The molecule has 0 saturated heterocycles. The van der Waals surface area contributed by atoms with Crippen molar-refractivity contribution in [3.05, 3.63) is 58.6 Å². The third kappa shape index (κ3) is 3.95. The minimum Gasteiger partial charge on any atom is -0.378 e. The highest BCUT2D eigenvalue weighted by molar-refractivity contribution is 7.19. The number of nitrogens with two attached hydrogens (primary N) is 1. The first-order valence-electron chi connectivity index (χ1n) is 7.93. The molecule has 27 heavy (non-hydrogen) atoms. The zero-order chi connectivity index (χ0) is 19.8. The Hall–Kier alpha value is -2.87. The van der Waals surface area contributed by atoms with Crippen LogP contribution in [-0.4, -0.2) is 25.0 Å². The molecule has 0 atom stereocenters. The lowest BCUT2D eigenvalue weighted by molar-refractivity contribution is -0.137. The minimum absolute atomic E-state index is 0.0562. The summed E-state index contributed by atoms with van der Waals surface area (Å²) in [6.07, 6.45) is -3.42. The normalized spacial score (nSPS) is 12.4. The van der Waals surface area contributed by atoms with Crippen LogP contribution in [0.2, 0.25) is 0 Å². The summed E-state index contributed by atoms with van der Waals surface area (Å²) in [5.74, 6) is -0.834. The van der Waals surface area contributed by atoms with E-state index in [4.69, 9.17) is 5.73 Å². The van der Waals surface area contributed by atoms with Crippen LogP contribution < -0.4 is 10.6 Å². The van der Waals surface area contributed by atoms with E-state index in [0.29, 0.717) is 11.2 Å². The van der Waals surface area contributed by atoms with Gasteiger partial charge in [0, 0.05) is 19.8 Å². The highest BCUT2D eigenvalue weighted by Gasteiger charge is 2.33. The Morgan fingerprint density at radius 1 is 1.19 bits per heavy atom. The summed E-state index contributed by atoms with van der Waals surface area (Å²) in [6, 6.07) is 11.1. The number of aromatic nitrogens is 1. The lowest BCUT2D eigenvalue weighted by Crippen LogP contribution is -2.15. The summed E-state index contributed by atoms with van der Waals surface area (Å²) in [5.41, 5.74) is 5.47. The Labute approximate surface area is 157 Å². The molecule has 0 fully saturated rings. The van der Waals surface area contributed by atoms with Crippen molar-refractivity contribution in [2.24, 2.45) is 5.73 Å². The van der Waals surface area contributed by atoms with Gasteiger partial charge in [-0.3, -0.25) is 4.79 Å². The summed E-state index contributed by atoms with van der Waals surface area (Å²) in [7, 11) is 3.31. The Kier molecular flexibility index (Phi) is 4.93. The van der Waals surface area contributed by atoms with Crippen LogP contribution in [0.4, 0.5) is 18.9 Å². The molecule has 8 heteroatoms. The standard InChI is InChI=1S/C19H16F3N3OS/c1-25(2)12-8-7-11(14(10-12)19(20,21)22)9-13(17(23)26)18-24-15-5-3-4-6-16(15)27-18/h3-10H,1-2H3,(H2,23,26). The number of thiazole rings is 1. The fourth-order valence-electron chi connectivity index (χ4n) is 2.57. The summed E-state index contributed by atoms with van der Waals surface area (Å²) in [5, 5.41) is 0.286. The molecular formula is C19H16F3N3OS. The molecular weight excluding hydrogens is 375 g/mol. The Morgan fingerprint density at radius 2 is 1.89 bits per heavy atom. The molecule has 0 spiro atoms. The minimum atomic E-state index is -4.58. The second kappa shape index (κ2) is 7.03. The van der Waals surface area contributed by atoms with Gasteiger partial charge in [0.25, 0.3) is 5.91 Å². The second-order valence-corrected chi connectivity index (χ2v) is 7.10. The van der Waals surface area contributed by atoms with Gasteiger partial charge in [0.05, 0.1) is 21.4 Å². The van der Waals surface area contributed by atoms with E-state index in [2.05, 4.69) is 4.98 Å². The van der Waals surface area contributed by atoms with Gasteiger partial charge >= 0.3 is 6.18 Å². The number of fused-ring (bicyclic) bond motifs is 1. The fraction of sp³-hybridized carbons (Fsp3) is 0.158. The first kappa shape index (κ1) is 18.9. The van der Waals surface area contributed by atoms with Crippen molar-refractivity contribution in [2.75, 3.05) is 19.0 Å². The number of anilines is 1. The van der Waals surface area contributed by atoms with E-state index in [9.17, 15) is 18.0 Å². The van der Waals surface area contributed by atoms with Crippen LogP contribution in [-0.2, 0) is 11.0 Å². The number of benzene rings is 2. The maximum absolute atomic E-state index is 13.5. The summed E-state index contributed by atoms with van der Waals surface area (Å²) >= 11 is 1.20. The van der Waals surface area contributed by atoms with Crippen molar-refractivity contribution in [3.63, 3.8) is 0 Å². The first-order chi connectivity index (χ1) is 12.7. The molecule has 0 radical (unpaired) electrons. The van der Waals surface area contributed by atoms with E-state index < -0.39 is 17.6 Å². The quantitative estimate of drug-likeness (QED) is 0.671. The lowest BCUT2D eigenvalue weighted by Gasteiger charge is -2.17. The highest BCUT2D eigenvalue weighted by atomic mass is 32.1. The summed E-state index contributed by atoms with van der Waals surface area (Å²) < 4.78 is 41.4. The lowest BCUT2D eigenvalue weighted by atomic mass is 10.0. The third-order valence-corrected chi connectivity index (χ3v) is 5.02. The number of hydrogen-bond acceptors (Lipinski definition) is 4. The molecule has 0 saturated carbocycles. The molecule has 3 rings (SSSR count). The van der Waals surface area contributed by atoms with Gasteiger partial charge in [-0.1, -0.05) is 18.2 Å². The van der Waals surface area contributed by atoms with E-state index in [1.807, 2.05) is 12.1 Å². The van der Waals surface area contributed by atoms with Crippen LogP contribution in [0.5, 0.6) is 0 Å². The van der Waals surface area contributed by atoms with Crippen LogP contribution in [0.3, 0.4) is 0 Å². The van der Waals surface area contributed by atoms with Crippen molar-refractivity contribution in [2.45, 2.75) is 6.18 Å². The van der Waals surface area contributed by atoms with Crippen molar-refractivity contribution in [1.29, 1.82) is 0 Å². The first-order valence-corrected chi connectivity index (χ1v) is 8.74. The number of para-hydroxylation sites is 1. The van der Waals surface area contributed by atoms with Crippen molar-refractivity contribution in [3.8, 4) is 0 Å². The van der Waals surface area contributed by atoms with Gasteiger partial charge in [0.1, 0.15) is 5.01 Å². The Balaban J connectivity index is 2.17. The highest BCUT2D eigenvalue weighted by Crippen LogP contribution is 2.36. The molecule has 0 aliphatic rings. The molecule has 2 N–H and O–H groups in total. The molecule has 4 nitrogen and oxygen atoms in total. The van der Waals surface area contributed by atoms with Crippen molar-refractivity contribution in [1.82, 2.24) is 4.98 Å². The molecule has 0 aliphatic heterocycles. The third-order valence-electron chi connectivity index (χ3n) is 3.95. The number of primary amides is 1. The number of amides is 1. The van der Waals surface area contributed by atoms with E-state index in [0.717, 1.165) is 16.8 Å². The number of carbonyl (C=O) groups excluding carboxylic acids is 1. The van der Waals surface area contributed by atoms with Gasteiger partial charge in [-0.05, 0) is 35.9 Å². The monoisotopic (exact) mass is 391 g/mol. The molecule has 1 aromatic heterocycles. The van der Waals surface area contributed by atoms with E-state index in [1.165, 1.54) is 17.4 Å². The molecule has 0 aliphatic carbocycles. The van der Waals surface area contributed by atoms with E-state index in [1.54, 1.807) is 37.2 Å². The molecule has 3 aromatic rings. The maximum atomic E-state index is 13.5. The average molecular weight is 391 g/mol.